The number of piperidine rings is 1. The number of anilines is 1. The number of rotatable bonds is 10. The molecule has 1 saturated heterocycles. The highest BCUT2D eigenvalue weighted by Gasteiger charge is 2.44. The molecule has 12 nitrogen and oxygen atoms in total. The van der Waals surface area contributed by atoms with E-state index in [0.717, 1.165) is 34.6 Å². The molecule has 12 heteroatoms. The highest BCUT2D eigenvalue weighted by atomic mass is 16.5. The maximum atomic E-state index is 13.2. The van der Waals surface area contributed by atoms with Gasteiger partial charge in [-0.2, -0.15) is 0 Å². The number of nitrogens with zero attached hydrogens (tertiary/aromatic N) is 3. The van der Waals surface area contributed by atoms with Gasteiger partial charge in [0.2, 0.25) is 17.7 Å². The Morgan fingerprint density at radius 2 is 1.52 bits per heavy atom. The van der Waals surface area contributed by atoms with Gasteiger partial charge in [0.25, 0.3) is 11.8 Å². The third kappa shape index (κ3) is 6.31. The number of benzene rings is 3. The van der Waals surface area contributed by atoms with E-state index in [2.05, 4.69) is 46.6 Å². The van der Waals surface area contributed by atoms with Crippen molar-refractivity contribution in [3.05, 3.63) is 107 Å². The Morgan fingerprint density at radius 1 is 0.860 bits per heavy atom. The van der Waals surface area contributed by atoms with Crippen molar-refractivity contribution in [3.8, 4) is 17.4 Å². The standard InChI is InChI=1S/C38H35N5O7/c1-21(44)31-19-40-34(20-39-31)50-27-11-6-23(7-12-27)38(2,3)22-4-9-26(10-5-22)49-28-16-25(17-28)41-24-8-13-29-30(18-24)37(48)43(36(29)47)32-14-15-33(45)42-35(32)46/h4-13,18-20,25,28,32,41H,14-17H2,1-3H3,(H,42,45,46)/t25-,28+,32?. The molecule has 1 saturated carbocycles. The minimum absolute atomic E-state index is 0.0305. The number of imide groups is 2. The first-order valence-electron chi connectivity index (χ1n) is 16.5. The zero-order chi connectivity index (χ0) is 35.2. The van der Waals surface area contributed by atoms with Gasteiger partial charge in [-0.3, -0.25) is 34.2 Å². The SMILES string of the molecule is CC(=O)c1cnc(Oc2ccc(C(C)(C)c3ccc(O[C@H]4C[C@@H](Nc5ccc6c(c5)C(=O)N(C5CCC(=O)NC5=O)C6=O)C4)cc3)cc2)cn1. The summed E-state index contributed by atoms with van der Waals surface area (Å²) in [6.45, 7) is 5.75. The van der Waals surface area contributed by atoms with Crippen molar-refractivity contribution in [1.29, 1.82) is 0 Å². The number of hydrogen-bond acceptors (Lipinski definition) is 10. The Morgan fingerprint density at radius 3 is 2.14 bits per heavy atom. The minimum Gasteiger partial charge on any atom is -0.490 e. The van der Waals surface area contributed by atoms with E-state index in [1.165, 1.54) is 19.3 Å². The van der Waals surface area contributed by atoms with E-state index >= 15 is 0 Å². The number of ketones is 1. The highest BCUT2D eigenvalue weighted by Crippen LogP contribution is 2.36. The molecule has 254 valence electrons. The molecular weight excluding hydrogens is 638 g/mol. The van der Waals surface area contributed by atoms with Gasteiger partial charge < -0.3 is 14.8 Å². The fourth-order valence-electron chi connectivity index (χ4n) is 6.50. The summed E-state index contributed by atoms with van der Waals surface area (Å²) in [6.07, 6.45) is 4.58. The van der Waals surface area contributed by atoms with Crippen molar-refractivity contribution in [2.45, 2.75) is 70.1 Å². The average molecular weight is 674 g/mol. The first-order chi connectivity index (χ1) is 24.0. The summed E-state index contributed by atoms with van der Waals surface area (Å²) in [6, 6.07) is 20.1. The Labute approximate surface area is 288 Å². The zero-order valence-electron chi connectivity index (χ0n) is 27.8. The summed E-state index contributed by atoms with van der Waals surface area (Å²) in [4.78, 5) is 70.6. The number of Topliss-reactive ketones (excluding diaryl/α,β-unsaturated/α-hetero) is 1. The second-order valence-electron chi connectivity index (χ2n) is 13.3. The number of aromatic nitrogens is 2. The smallest absolute Gasteiger partial charge is 0.262 e. The molecule has 7 rings (SSSR count). The predicted octanol–water partition coefficient (Wildman–Crippen LogP) is 5.22. The lowest BCUT2D eigenvalue weighted by molar-refractivity contribution is -0.136. The van der Waals surface area contributed by atoms with E-state index in [0.29, 0.717) is 17.3 Å². The Balaban J connectivity index is 0.912. The lowest BCUT2D eigenvalue weighted by Gasteiger charge is -2.36. The van der Waals surface area contributed by atoms with Crippen LogP contribution in [-0.4, -0.2) is 62.5 Å². The van der Waals surface area contributed by atoms with Crippen molar-refractivity contribution in [3.63, 3.8) is 0 Å². The molecule has 3 aromatic carbocycles. The van der Waals surface area contributed by atoms with Crippen LogP contribution in [-0.2, 0) is 15.0 Å². The molecule has 2 N–H and O–H groups in total. The monoisotopic (exact) mass is 673 g/mol. The number of ether oxygens (including phenoxy) is 2. The molecule has 50 heavy (non-hydrogen) atoms. The average Bonchev–Trinajstić information content (AvgIpc) is 3.32. The van der Waals surface area contributed by atoms with Gasteiger partial charge in [0.05, 0.1) is 23.5 Å². The predicted molar refractivity (Wildman–Crippen MR) is 181 cm³/mol. The summed E-state index contributed by atoms with van der Waals surface area (Å²) >= 11 is 0. The molecule has 3 aliphatic rings. The first kappa shape index (κ1) is 32.6. The number of carbonyl (C=O) groups excluding carboxylic acids is 5. The van der Waals surface area contributed by atoms with Gasteiger partial charge in [-0.1, -0.05) is 38.1 Å². The van der Waals surface area contributed by atoms with E-state index in [1.54, 1.807) is 18.2 Å². The van der Waals surface area contributed by atoms with Crippen LogP contribution in [0, 0.1) is 0 Å². The Kier molecular flexibility index (Phi) is 8.38. The molecule has 0 radical (unpaired) electrons. The molecule has 0 spiro atoms. The van der Waals surface area contributed by atoms with Crippen LogP contribution < -0.4 is 20.1 Å². The maximum absolute atomic E-state index is 13.2. The summed E-state index contributed by atoms with van der Waals surface area (Å²) in [5, 5.41) is 5.64. The number of hydrogen-bond donors (Lipinski definition) is 2. The van der Waals surface area contributed by atoms with Crippen LogP contribution in [0.4, 0.5) is 5.69 Å². The molecule has 2 aliphatic heterocycles. The van der Waals surface area contributed by atoms with Crippen LogP contribution in [0.3, 0.4) is 0 Å². The van der Waals surface area contributed by atoms with Crippen molar-refractivity contribution >= 4 is 35.1 Å². The van der Waals surface area contributed by atoms with Crippen molar-refractivity contribution in [2.24, 2.45) is 0 Å². The number of nitrogens with one attached hydrogen (secondary N) is 2. The van der Waals surface area contributed by atoms with Crippen molar-refractivity contribution in [1.82, 2.24) is 20.2 Å². The minimum atomic E-state index is -0.991. The molecule has 1 atom stereocenters. The van der Waals surface area contributed by atoms with Gasteiger partial charge in [0.1, 0.15) is 29.3 Å². The lowest BCUT2D eigenvalue weighted by atomic mass is 9.78. The van der Waals surface area contributed by atoms with Crippen LogP contribution in [0.2, 0.25) is 0 Å². The van der Waals surface area contributed by atoms with E-state index in [-0.39, 0.29) is 53.0 Å². The number of carbonyl (C=O) groups is 5. The lowest BCUT2D eigenvalue weighted by Crippen LogP contribution is -2.54. The van der Waals surface area contributed by atoms with Crippen LogP contribution in [0.5, 0.6) is 17.4 Å². The van der Waals surface area contributed by atoms with Gasteiger partial charge in [-0.25, -0.2) is 9.97 Å². The summed E-state index contributed by atoms with van der Waals surface area (Å²) in [7, 11) is 0. The van der Waals surface area contributed by atoms with E-state index in [1.807, 2.05) is 36.4 Å². The molecule has 4 amide bonds. The van der Waals surface area contributed by atoms with Gasteiger partial charge in [0.15, 0.2) is 5.78 Å². The van der Waals surface area contributed by atoms with Crippen molar-refractivity contribution in [2.75, 3.05) is 5.32 Å². The normalized spacial score (nSPS) is 20.1. The summed E-state index contributed by atoms with van der Waals surface area (Å²) < 4.78 is 12.0. The number of fused-ring (bicyclic) bond motifs is 1. The van der Waals surface area contributed by atoms with Crippen LogP contribution in [0.25, 0.3) is 0 Å². The zero-order valence-corrected chi connectivity index (χ0v) is 27.8. The van der Waals surface area contributed by atoms with Gasteiger partial charge in [0, 0.05) is 43.3 Å². The number of amides is 4. The first-order valence-corrected chi connectivity index (χ1v) is 16.5. The Bertz CT molecular complexity index is 2000. The van der Waals surface area contributed by atoms with Crippen LogP contribution in [0.1, 0.15) is 88.8 Å². The van der Waals surface area contributed by atoms with Crippen LogP contribution in [0.15, 0.2) is 79.1 Å². The quantitative estimate of drug-likeness (QED) is 0.169. The Hall–Kier alpha value is -5.91. The molecule has 0 bridgehead atoms. The van der Waals surface area contributed by atoms with Gasteiger partial charge in [-0.15, -0.1) is 0 Å². The van der Waals surface area contributed by atoms with E-state index in [9.17, 15) is 24.0 Å². The molecule has 3 heterocycles. The molecule has 1 aromatic heterocycles. The topological polar surface area (TPSA) is 157 Å². The summed E-state index contributed by atoms with van der Waals surface area (Å²) in [5.74, 6) is -0.535. The molecule has 1 unspecified atom stereocenters. The second kappa shape index (κ2) is 12.8. The van der Waals surface area contributed by atoms with Gasteiger partial charge >= 0.3 is 0 Å². The van der Waals surface area contributed by atoms with Gasteiger partial charge in [-0.05, 0) is 60.0 Å². The molecule has 4 aromatic rings. The van der Waals surface area contributed by atoms with Crippen molar-refractivity contribution < 1.29 is 33.4 Å². The largest absolute Gasteiger partial charge is 0.490 e. The summed E-state index contributed by atoms with van der Waals surface area (Å²) in [5.41, 5.74) is 3.44. The highest BCUT2D eigenvalue weighted by molar-refractivity contribution is 6.23. The van der Waals surface area contributed by atoms with Crippen LogP contribution >= 0.6 is 0 Å². The molecule has 1 aliphatic carbocycles. The fourth-order valence-corrected chi connectivity index (χ4v) is 6.50. The third-order valence-corrected chi connectivity index (χ3v) is 9.57. The maximum Gasteiger partial charge on any atom is 0.262 e. The molecule has 2 fully saturated rings. The molecular formula is C38H35N5O7. The van der Waals surface area contributed by atoms with E-state index < -0.39 is 29.7 Å². The fraction of sp³-hybridized carbons (Fsp3) is 0.289. The van der Waals surface area contributed by atoms with E-state index in [4.69, 9.17) is 9.47 Å². The second-order valence-corrected chi connectivity index (χ2v) is 13.3. The third-order valence-electron chi connectivity index (χ3n) is 9.57.